The number of hydrogen-bond donors (Lipinski definition) is 2. The summed E-state index contributed by atoms with van der Waals surface area (Å²) in [5.74, 6) is -0.900. The highest BCUT2D eigenvalue weighted by atomic mass is 35.5. The van der Waals surface area contributed by atoms with E-state index in [2.05, 4.69) is 15.0 Å². The molecular formula is C19H18ClFN4O3S. The van der Waals surface area contributed by atoms with Crippen LogP contribution in [0.4, 0.5) is 10.1 Å². The molecule has 0 saturated carbocycles. The lowest BCUT2D eigenvalue weighted by Gasteiger charge is -2.12. The van der Waals surface area contributed by atoms with Gasteiger partial charge < -0.3 is 9.88 Å². The molecule has 0 fully saturated rings. The van der Waals surface area contributed by atoms with Gasteiger partial charge in [-0.25, -0.2) is 17.8 Å². The Morgan fingerprint density at radius 3 is 2.62 bits per heavy atom. The molecule has 3 rings (SSSR count). The number of benzene rings is 2. The van der Waals surface area contributed by atoms with Gasteiger partial charge in [-0.3, -0.25) is 9.52 Å². The summed E-state index contributed by atoms with van der Waals surface area (Å²) in [5.41, 5.74) is 0.316. The summed E-state index contributed by atoms with van der Waals surface area (Å²) in [4.78, 5) is 16.2. The van der Waals surface area contributed by atoms with Crippen LogP contribution in [-0.4, -0.2) is 30.4 Å². The Bertz CT molecular complexity index is 1090. The lowest BCUT2D eigenvalue weighted by molar-refractivity contribution is 0.0952. The van der Waals surface area contributed by atoms with Crippen molar-refractivity contribution in [2.45, 2.75) is 17.9 Å². The maximum atomic E-state index is 13.0. The molecule has 0 aliphatic rings. The largest absolute Gasteiger partial charge is 0.352 e. The monoisotopic (exact) mass is 436 g/mol. The van der Waals surface area contributed by atoms with Crippen molar-refractivity contribution in [3.8, 4) is 0 Å². The van der Waals surface area contributed by atoms with Gasteiger partial charge in [0, 0.05) is 31.0 Å². The summed E-state index contributed by atoms with van der Waals surface area (Å²) in [5, 5.41) is 2.91. The van der Waals surface area contributed by atoms with Crippen LogP contribution >= 0.6 is 11.6 Å². The molecule has 2 N–H and O–H groups in total. The summed E-state index contributed by atoms with van der Waals surface area (Å²) in [7, 11) is -3.98. The Kier molecular flexibility index (Phi) is 6.50. The first-order valence-electron chi connectivity index (χ1n) is 8.67. The third-order valence-electron chi connectivity index (χ3n) is 4.03. The molecule has 10 heteroatoms. The average Bonchev–Trinajstić information content (AvgIpc) is 3.20. The molecule has 7 nitrogen and oxygen atoms in total. The van der Waals surface area contributed by atoms with Gasteiger partial charge in [-0.2, -0.15) is 0 Å². The predicted molar refractivity (Wildman–Crippen MR) is 108 cm³/mol. The third-order valence-corrected chi connectivity index (χ3v) is 5.75. The number of anilines is 1. The zero-order valence-electron chi connectivity index (χ0n) is 15.2. The fourth-order valence-electron chi connectivity index (χ4n) is 2.55. The van der Waals surface area contributed by atoms with E-state index in [1.54, 1.807) is 12.5 Å². The topological polar surface area (TPSA) is 93.1 Å². The van der Waals surface area contributed by atoms with Crippen LogP contribution in [0.2, 0.25) is 5.02 Å². The number of nitrogens with one attached hydrogen (secondary N) is 2. The maximum Gasteiger partial charge on any atom is 0.261 e. The number of carbonyl (C=O) groups is 1. The number of aromatic nitrogens is 2. The summed E-state index contributed by atoms with van der Waals surface area (Å²) >= 11 is 6.08. The average molecular weight is 437 g/mol. The molecule has 1 heterocycles. The maximum absolute atomic E-state index is 13.0. The molecule has 0 aliphatic heterocycles. The molecule has 0 atom stereocenters. The number of aryl methyl sites for hydroxylation is 1. The molecule has 1 aromatic heterocycles. The first-order valence-corrected chi connectivity index (χ1v) is 10.5. The van der Waals surface area contributed by atoms with Crippen molar-refractivity contribution < 1.29 is 17.6 Å². The number of rotatable bonds is 8. The van der Waals surface area contributed by atoms with Gasteiger partial charge >= 0.3 is 0 Å². The number of imidazole rings is 1. The predicted octanol–water partition coefficient (Wildman–Crippen LogP) is 3.30. The third kappa shape index (κ3) is 5.55. The number of amides is 1. The standard InChI is InChI=1S/C19H18ClFN4O3S/c20-17-7-2-14(19(26)23-8-1-10-25-11-9-22-13-25)12-18(17)24-29(27,28)16-5-3-15(21)4-6-16/h2-7,9,11-13,24H,1,8,10H2,(H,23,26). The van der Waals surface area contributed by atoms with E-state index in [1.165, 1.54) is 18.2 Å². The van der Waals surface area contributed by atoms with Crippen LogP contribution in [0.1, 0.15) is 16.8 Å². The van der Waals surface area contributed by atoms with Gasteiger partial charge in [0.25, 0.3) is 15.9 Å². The van der Waals surface area contributed by atoms with Crippen molar-refractivity contribution in [2.24, 2.45) is 0 Å². The van der Waals surface area contributed by atoms with E-state index >= 15 is 0 Å². The minimum atomic E-state index is -3.98. The highest BCUT2D eigenvalue weighted by molar-refractivity contribution is 7.92. The van der Waals surface area contributed by atoms with Gasteiger partial charge in [0.2, 0.25) is 0 Å². The van der Waals surface area contributed by atoms with Crippen molar-refractivity contribution in [2.75, 3.05) is 11.3 Å². The first kappa shape index (κ1) is 20.8. The molecule has 2 aromatic carbocycles. The molecule has 0 saturated heterocycles. The van der Waals surface area contributed by atoms with Crippen molar-refractivity contribution in [1.82, 2.24) is 14.9 Å². The lowest BCUT2D eigenvalue weighted by atomic mass is 10.2. The summed E-state index contributed by atoms with van der Waals surface area (Å²) in [6.45, 7) is 1.15. The molecular weight excluding hydrogens is 419 g/mol. The van der Waals surface area contributed by atoms with Gasteiger partial charge in [-0.05, 0) is 48.9 Å². The Morgan fingerprint density at radius 2 is 1.93 bits per heavy atom. The Morgan fingerprint density at radius 1 is 1.17 bits per heavy atom. The summed E-state index contributed by atoms with van der Waals surface area (Å²) < 4.78 is 42.2. The van der Waals surface area contributed by atoms with E-state index in [9.17, 15) is 17.6 Å². The van der Waals surface area contributed by atoms with Crippen LogP contribution in [-0.2, 0) is 16.6 Å². The Balaban J connectivity index is 1.65. The van der Waals surface area contributed by atoms with Crippen LogP contribution in [0.25, 0.3) is 0 Å². The van der Waals surface area contributed by atoms with E-state index in [1.807, 2.05) is 10.8 Å². The van der Waals surface area contributed by atoms with E-state index < -0.39 is 15.8 Å². The van der Waals surface area contributed by atoms with E-state index in [0.717, 1.165) is 24.3 Å². The molecule has 1 amide bonds. The fourth-order valence-corrected chi connectivity index (χ4v) is 3.84. The minimum Gasteiger partial charge on any atom is -0.352 e. The Labute approximate surface area is 172 Å². The number of carbonyl (C=O) groups excluding carboxylic acids is 1. The van der Waals surface area contributed by atoms with E-state index in [0.29, 0.717) is 19.5 Å². The number of halogens is 2. The molecule has 0 radical (unpaired) electrons. The fraction of sp³-hybridized carbons (Fsp3) is 0.158. The SMILES string of the molecule is O=C(NCCCn1ccnc1)c1ccc(Cl)c(NS(=O)(=O)c2ccc(F)cc2)c1. The molecule has 29 heavy (non-hydrogen) atoms. The van der Waals surface area contributed by atoms with Crippen LogP contribution in [0.3, 0.4) is 0 Å². The smallest absolute Gasteiger partial charge is 0.261 e. The summed E-state index contributed by atoms with van der Waals surface area (Å²) in [6.07, 6.45) is 5.92. The van der Waals surface area contributed by atoms with Crippen LogP contribution in [0, 0.1) is 5.82 Å². The normalized spacial score (nSPS) is 11.2. The molecule has 0 aliphatic carbocycles. The second kappa shape index (κ2) is 9.06. The highest BCUT2D eigenvalue weighted by Gasteiger charge is 2.17. The van der Waals surface area contributed by atoms with Gasteiger partial charge in [-0.1, -0.05) is 11.6 Å². The molecule has 0 unspecified atom stereocenters. The van der Waals surface area contributed by atoms with Crippen molar-refractivity contribution >= 4 is 33.2 Å². The van der Waals surface area contributed by atoms with Crippen LogP contribution < -0.4 is 10.0 Å². The van der Waals surface area contributed by atoms with Crippen molar-refractivity contribution in [3.05, 3.63) is 77.6 Å². The zero-order valence-corrected chi connectivity index (χ0v) is 16.8. The molecule has 0 spiro atoms. The first-order chi connectivity index (χ1) is 13.8. The number of sulfonamides is 1. The second-order valence-corrected chi connectivity index (χ2v) is 8.25. The minimum absolute atomic E-state index is 0.0575. The van der Waals surface area contributed by atoms with E-state index in [-0.39, 0.29) is 27.1 Å². The Hall–Kier alpha value is -2.91. The number of hydrogen-bond acceptors (Lipinski definition) is 4. The zero-order chi connectivity index (χ0) is 20.9. The lowest BCUT2D eigenvalue weighted by Crippen LogP contribution is -2.25. The highest BCUT2D eigenvalue weighted by Crippen LogP contribution is 2.26. The van der Waals surface area contributed by atoms with Crippen LogP contribution in [0.15, 0.2) is 66.1 Å². The van der Waals surface area contributed by atoms with Gasteiger partial charge in [-0.15, -0.1) is 0 Å². The summed E-state index contributed by atoms with van der Waals surface area (Å²) in [6, 6.07) is 8.67. The van der Waals surface area contributed by atoms with Crippen molar-refractivity contribution in [3.63, 3.8) is 0 Å². The molecule has 152 valence electrons. The van der Waals surface area contributed by atoms with E-state index in [4.69, 9.17) is 11.6 Å². The van der Waals surface area contributed by atoms with Gasteiger partial charge in [0.05, 0.1) is 21.9 Å². The van der Waals surface area contributed by atoms with Gasteiger partial charge in [0.15, 0.2) is 0 Å². The second-order valence-electron chi connectivity index (χ2n) is 6.16. The van der Waals surface area contributed by atoms with Gasteiger partial charge in [0.1, 0.15) is 5.82 Å². The molecule has 0 bridgehead atoms. The number of nitrogens with zero attached hydrogens (tertiary/aromatic N) is 2. The van der Waals surface area contributed by atoms with Crippen molar-refractivity contribution in [1.29, 1.82) is 0 Å². The quantitative estimate of drug-likeness (QED) is 0.530. The molecule has 3 aromatic rings. The van der Waals surface area contributed by atoms with Crippen LogP contribution in [0.5, 0.6) is 0 Å².